The molecular formula is C18H28N2O2. The van der Waals surface area contributed by atoms with Crippen LogP contribution in [0.2, 0.25) is 0 Å². The van der Waals surface area contributed by atoms with Crippen LogP contribution < -0.4 is 4.74 Å². The maximum atomic E-state index is 12.4. The van der Waals surface area contributed by atoms with Gasteiger partial charge in [-0.3, -0.25) is 0 Å². The number of aryl methyl sites for hydroxylation is 1. The van der Waals surface area contributed by atoms with Crippen LogP contribution in [0.1, 0.15) is 32.3 Å². The van der Waals surface area contributed by atoms with E-state index in [0.29, 0.717) is 12.5 Å². The Balaban J connectivity index is 1.88. The number of rotatable bonds is 5. The molecule has 2 amide bonds. The highest BCUT2D eigenvalue weighted by atomic mass is 16.5. The molecule has 22 heavy (non-hydrogen) atoms. The molecule has 1 saturated heterocycles. The van der Waals surface area contributed by atoms with Gasteiger partial charge in [0.25, 0.3) is 0 Å². The van der Waals surface area contributed by atoms with E-state index in [9.17, 15) is 4.79 Å². The number of urea groups is 1. The number of nitrogens with zero attached hydrogens (tertiary/aromatic N) is 2. The minimum Gasteiger partial charge on any atom is -0.493 e. The minimum absolute atomic E-state index is 0.172. The van der Waals surface area contributed by atoms with Crippen molar-refractivity contribution in [3.8, 4) is 5.75 Å². The fourth-order valence-electron chi connectivity index (χ4n) is 2.99. The summed E-state index contributed by atoms with van der Waals surface area (Å²) in [5, 5.41) is 0. The molecule has 0 bridgehead atoms. The van der Waals surface area contributed by atoms with Crippen LogP contribution >= 0.6 is 0 Å². The first-order valence-corrected chi connectivity index (χ1v) is 8.38. The Morgan fingerprint density at radius 1 is 1.32 bits per heavy atom. The second-order valence-corrected chi connectivity index (χ2v) is 5.99. The van der Waals surface area contributed by atoms with Gasteiger partial charge >= 0.3 is 6.03 Å². The largest absolute Gasteiger partial charge is 0.493 e. The van der Waals surface area contributed by atoms with E-state index in [1.807, 2.05) is 41.8 Å². The van der Waals surface area contributed by atoms with Crippen molar-refractivity contribution in [3.05, 3.63) is 29.8 Å². The molecule has 1 atom stereocenters. The number of carbonyl (C=O) groups excluding carboxylic acids is 1. The van der Waals surface area contributed by atoms with Crippen LogP contribution in [-0.4, -0.2) is 48.6 Å². The highest BCUT2D eigenvalue weighted by molar-refractivity contribution is 5.74. The van der Waals surface area contributed by atoms with E-state index in [-0.39, 0.29) is 6.03 Å². The topological polar surface area (TPSA) is 32.8 Å². The van der Waals surface area contributed by atoms with E-state index in [0.717, 1.165) is 50.3 Å². The summed E-state index contributed by atoms with van der Waals surface area (Å²) in [6.07, 6.45) is 2.20. The molecule has 2 rings (SSSR count). The third-order valence-electron chi connectivity index (χ3n) is 4.39. The Kier molecular flexibility index (Phi) is 6.10. The Hall–Kier alpha value is -1.71. The van der Waals surface area contributed by atoms with Crippen molar-refractivity contribution in [3.63, 3.8) is 0 Å². The van der Waals surface area contributed by atoms with E-state index in [1.165, 1.54) is 0 Å². The number of ether oxygens (including phenoxy) is 1. The SMILES string of the molecule is CCN(CC)C(=O)N1CCCC(COc2ccccc2C)C1. The molecule has 0 aromatic heterocycles. The summed E-state index contributed by atoms with van der Waals surface area (Å²) in [4.78, 5) is 16.3. The predicted octanol–water partition coefficient (Wildman–Crippen LogP) is 3.55. The van der Waals surface area contributed by atoms with Gasteiger partial charge in [0, 0.05) is 32.1 Å². The molecule has 1 aromatic rings. The smallest absolute Gasteiger partial charge is 0.319 e. The summed E-state index contributed by atoms with van der Waals surface area (Å²) in [5.74, 6) is 1.38. The Morgan fingerprint density at radius 2 is 2.05 bits per heavy atom. The van der Waals surface area contributed by atoms with Crippen LogP contribution in [0.15, 0.2) is 24.3 Å². The summed E-state index contributed by atoms with van der Waals surface area (Å²) < 4.78 is 5.97. The molecule has 0 radical (unpaired) electrons. The number of carbonyl (C=O) groups is 1. The van der Waals surface area contributed by atoms with Gasteiger partial charge in [-0.25, -0.2) is 4.79 Å². The van der Waals surface area contributed by atoms with Crippen molar-refractivity contribution in [1.29, 1.82) is 0 Å². The molecule has 1 unspecified atom stereocenters. The molecule has 122 valence electrons. The number of hydrogen-bond acceptors (Lipinski definition) is 2. The van der Waals surface area contributed by atoms with Crippen LogP contribution in [0.3, 0.4) is 0 Å². The Labute approximate surface area is 134 Å². The lowest BCUT2D eigenvalue weighted by atomic mass is 9.99. The third kappa shape index (κ3) is 4.15. The zero-order chi connectivity index (χ0) is 15.9. The van der Waals surface area contributed by atoms with Crippen molar-refractivity contribution in [2.75, 3.05) is 32.8 Å². The van der Waals surface area contributed by atoms with Crippen molar-refractivity contribution in [1.82, 2.24) is 9.80 Å². The number of benzene rings is 1. The molecule has 0 spiro atoms. The average Bonchev–Trinajstić information content (AvgIpc) is 2.55. The zero-order valence-corrected chi connectivity index (χ0v) is 14.0. The molecule has 1 aliphatic rings. The van der Waals surface area contributed by atoms with Crippen LogP contribution in [0.5, 0.6) is 5.75 Å². The summed E-state index contributed by atoms with van der Waals surface area (Å²) in [7, 11) is 0. The molecule has 1 aromatic carbocycles. The second-order valence-electron chi connectivity index (χ2n) is 5.99. The normalized spacial score (nSPS) is 18.1. The van der Waals surface area contributed by atoms with Crippen LogP contribution in [0.4, 0.5) is 4.79 Å². The van der Waals surface area contributed by atoms with Gasteiger partial charge in [-0.2, -0.15) is 0 Å². The molecule has 0 aliphatic carbocycles. The fourth-order valence-corrected chi connectivity index (χ4v) is 2.99. The molecular weight excluding hydrogens is 276 g/mol. The number of piperidine rings is 1. The van der Waals surface area contributed by atoms with E-state index in [4.69, 9.17) is 4.74 Å². The Bertz CT molecular complexity index is 486. The van der Waals surface area contributed by atoms with Gasteiger partial charge in [-0.1, -0.05) is 18.2 Å². The lowest BCUT2D eigenvalue weighted by Crippen LogP contribution is -2.48. The molecule has 1 fully saturated rings. The fraction of sp³-hybridized carbons (Fsp3) is 0.611. The first kappa shape index (κ1) is 16.7. The van der Waals surface area contributed by atoms with Crippen molar-refractivity contribution < 1.29 is 9.53 Å². The summed E-state index contributed by atoms with van der Waals surface area (Å²) in [6.45, 7) is 10.0. The first-order valence-electron chi connectivity index (χ1n) is 8.38. The average molecular weight is 304 g/mol. The number of para-hydroxylation sites is 1. The van der Waals surface area contributed by atoms with E-state index >= 15 is 0 Å². The molecule has 1 heterocycles. The minimum atomic E-state index is 0.172. The maximum Gasteiger partial charge on any atom is 0.319 e. The molecule has 0 N–H and O–H groups in total. The van der Waals surface area contributed by atoms with Gasteiger partial charge in [0.1, 0.15) is 5.75 Å². The summed E-state index contributed by atoms with van der Waals surface area (Å²) in [6, 6.07) is 8.27. The maximum absolute atomic E-state index is 12.4. The standard InChI is InChI=1S/C18H28N2O2/c1-4-19(5-2)18(21)20-12-8-10-16(13-20)14-22-17-11-7-6-9-15(17)3/h6-7,9,11,16H,4-5,8,10,12-14H2,1-3H3. The zero-order valence-electron chi connectivity index (χ0n) is 14.0. The number of amides is 2. The molecule has 4 nitrogen and oxygen atoms in total. The third-order valence-corrected chi connectivity index (χ3v) is 4.39. The van der Waals surface area contributed by atoms with Gasteiger partial charge in [0.15, 0.2) is 0 Å². The van der Waals surface area contributed by atoms with Gasteiger partial charge < -0.3 is 14.5 Å². The predicted molar refractivity (Wildman–Crippen MR) is 89.3 cm³/mol. The van der Waals surface area contributed by atoms with Gasteiger partial charge in [-0.15, -0.1) is 0 Å². The first-order chi connectivity index (χ1) is 10.7. The monoisotopic (exact) mass is 304 g/mol. The highest BCUT2D eigenvalue weighted by Gasteiger charge is 2.26. The van der Waals surface area contributed by atoms with E-state index in [1.54, 1.807) is 0 Å². The van der Waals surface area contributed by atoms with Crippen LogP contribution in [0.25, 0.3) is 0 Å². The van der Waals surface area contributed by atoms with Crippen LogP contribution in [0, 0.1) is 12.8 Å². The Morgan fingerprint density at radius 3 is 2.73 bits per heavy atom. The van der Waals surface area contributed by atoms with Crippen molar-refractivity contribution in [2.45, 2.75) is 33.6 Å². The van der Waals surface area contributed by atoms with E-state index < -0.39 is 0 Å². The van der Waals surface area contributed by atoms with Crippen LogP contribution in [-0.2, 0) is 0 Å². The lowest BCUT2D eigenvalue weighted by molar-refractivity contribution is 0.114. The van der Waals surface area contributed by atoms with Gasteiger partial charge in [0.05, 0.1) is 6.61 Å². The molecule has 0 saturated carbocycles. The summed E-state index contributed by atoms with van der Waals surface area (Å²) >= 11 is 0. The highest BCUT2D eigenvalue weighted by Crippen LogP contribution is 2.21. The number of hydrogen-bond donors (Lipinski definition) is 0. The second kappa shape index (κ2) is 8.06. The van der Waals surface area contributed by atoms with Gasteiger partial charge in [-0.05, 0) is 45.2 Å². The lowest BCUT2D eigenvalue weighted by Gasteiger charge is -2.35. The number of likely N-dealkylation sites (tertiary alicyclic amines) is 1. The molecule has 4 heteroatoms. The molecule has 1 aliphatic heterocycles. The van der Waals surface area contributed by atoms with Crippen molar-refractivity contribution >= 4 is 6.03 Å². The quantitative estimate of drug-likeness (QED) is 0.833. The van der Waals surface area contributed by atoms with E-state index in [2.05, 4.69) is 13.0 Å². The van der Waals surface area contributed by atoms with Gasteiger partial charge in [0.2, 0.25) is 0 Å². The summed E-state index contributed by atoms with van der Waals surface area (Å²) in [5.41, 5.74) is 1.16. The van der Waals surface area contributed by atoms with Crippen molar-refractivity contribution in [2.24, 2.45) is 5.92 Å².